The first-order valence-corrected chi connectivity index (χ1v) is 4.15. The molecule has 0 radical (unpaired) electrons. The molecule has 2 N–H and O–H groups in total. The molecule has 0 bridgehead atoms. The summed E-state index contributed by atoms with van der Waals surface area (Å²) < 4.78 is 0. The largest absolute Gasteiger partial charge is 0.478 e. The van der Waals surface area contributed by atoms with Crippen LogP contribution in [0.2, 0.25) is 0 Å². The van der Waals surface area contributed by atoms with Crippen LogP contribution in [0.3, 0.4) is 0 Å². The molecule has 3 heteroatoms. The third-order valence-electron chi connectivity index (χ3n) is 2.26. The van der Waals surface area contributed by atoms with Crippen molar-refractivity contribution in [3.63, 3.8) is 0 Å². The Labute approximate surface area is 72.5 Å². The molecule has 0 heterocycles. The van der Waals surface area contributed by atoms with E-state index in [9.17, 15) is 4.79 Å². The van der Waals surface area contributed by atoms with Gasteiger partial charge in [0.25, 0.3) is 0 Å². The number of aliphatic carboxylic acids is 1. The molecule has 1 saturated carbocycles. The molecule has 1 fully saturated rings. The van der Waals surface area contributed by atoms with Gasteiger partial charge in [-0.25, -0.2) is 4.79 Å². The van der Waals surface area contributed by atoms with E-state index in [1.165, 1.54) is 12.5 Å². The Kier molecular flexibility index (Phi) is 2.52. The van der Waals surface area contributed by atoms with Crippen molar-refractivity contribution >= 4 is 5.97 Å². The molecule has 0 aromatic rings. The predicted molar refractivity (Wildman–Crippen MR) is 47.0 cm³/mol. The van der Waals surface area contributed by atoms with Gasteiger partial charge >= 0.3 is 5.97 Å². The molecule has 0 amide bonds. The van der Waals surface area contributed by atoms with Crippen LogP contribution in [0, 0.1) is 5.41 Å². The third-order valence-corrected chi connectivity index (χ3v) is 2.26. The summed E-state index contributed by atoms with van der Waals surface area (Å²) in [4.78, 5) is 10.1. The first-order chi connectivity index (χ1) is 5.52. The summed E-state index contributed by atoms with van der Waals surface area (Å²) in [6.45, 7) is 5.05. The molecular formula is C9H15NO2. The van der Waals surface area contributed by atoms with Gasteiger partial charge in [0.05, 0.1) is 0 Å². The molecular weight excluding hydrogens is 154 g/mol. The molecule has 0 aliphatic heterocycles. The highest BCUT2D eigenvalue weighted by atomic mass is 16.4. The van der Waals surface area contributed by atoms with E-state index in [2.05, 4.69) is 19.2 Å². The standard InChI is InChI=1S/C9H15NO2/c1-9(2)6-7(9)10-5-3-4-8(11)12/h3-4,7,10H,5-6H2,1-2H3,(H,11,12)/b4-3+. The van der Waals surface area contributed by atoms with E-state index < -0.39 is 5.97 Å². The third kappa shape index (κ3) is 2.66. The van der Waals surface area contributed by atoms with Crippen molar-refractivity contribution in [2.75, 3.05) is 6.54 Å². The van der Waals surface area contributed by atoms with Gasteiger partial charge in [0.1, 0.15) is 0 Å². The average Bonchev–Trinajstić information content (AvgIpc) is 2.51. The second-order valence-corrected chi connectivity index (χ2v) is 3.89. The minimum absolute atomic E-state index is 0.414. The molecule has 0 aromatic heterocycles. The summed E-state index contributed by atoms with van der Waals surface area (Å²) in [5.41, 5.74) is 0.414. The summed E-state index contributed by atoms with van der Waals surface area (Å²) in [7, 11) is 0. The predicted octanol–water partition coefficient (Wildman–Crippen LogP) is 1.02. The molecule has 1 rings (SSSR count). The highest BCUT2D eigenvalue weighted by Gasteiger charge is 2.44. The lowest BCUT2D eigenvalue weighted by atomic mass is 10.2. The zero-order chi connectivity index (χ0) is 9.19. The maximum absolute atomic E-state index is 10.1. The number of rotatable bonds is 4. The number of nitrogens with one attached hydrogen (secondary N) is 1. The van der Waals surface area contributed by atoms with Crippen LogP contribution in [0.25, 0.3) is 0 Å². The topological polar surface area (TPSA) is 49.3 Å². The van der Waals surface area contributed by atoms with Gasteiger partial charge in [-0.1, -0.05) is 19.9 Å². The molecule has 3 nitrogen and oxygen atoms in total. The molecule has 1 aliphatic carbocycles. The molecule has 0 spiro atoms. The van der Waals surface area contributed by atoms with Gasteiger partial charge in [-0.05, 0) is 11.8 Å². The van der Waals surface area contributed by atoms with E-state index in [0.29, 0.717) is 18.0 Å². The van der Waals surface area contributed by atoms with Gasteiger partial charge in [0, 0.05) is 18.7 Å². The number of hydrogen-bond donors (Lipinski definition) is 2. The molecule has 1 unspecified atom stereocenters. The lowest BCUT2D eigenvalue weighted by Crippen LogP contribution is -2.20. The maximum atomic E-state index is 10.1. The van der Waals surface area contributed by atoms with Gasteiger partial charge in [0.15, 0.2) is 0 Å². The van der Waals surface area contributed by atoms with Crippen molar-refractivity contribution in [1.29, 1.82) is 0 Å². The van der Waals surface area contributed by atoms with E-state index in [1.807, 2.05) is 0 Å². The quantitative estimate of drug-likeness (QED) is 0.618. The van der Waals surface area contributed by atoms with Gasteiger partial charge in [0.2, 0.25) is 0 Å². The van der Waals surface area contributed by atoms with Crippen molar-refractivity contribution in [2.45, 2.75) is 26.3 Å². The first kappa shape index (κ1) is 9.26. The summed E-state index contributed by atoms with van der Waals surface area (Å²) in [6, 6.07) is 0.566. The molecule has 68 valence electrons. The highest BCUT2D eigenvalue weighted by Crippen LogP contribution is 2.44. The van der Waals surface area contributed by atoms with Crippen LogP contribution >= 0.6 is 0 Å². The Hall–Kier alpha value is -0.830. The van der Waals surface area contributed by atoms with Crippen LogP contribution in [0.1, 0.15) is 20.3 Å². The Morgan fingerprint density at radius 1 is 1.75 bits per heavy atom. The van der Waals surface area contributed by atoms with Crippen LogP contribution in [0.15, 0.2) is 12.2 Å². The van der Waals surface area contributed by atoms with E-state index >= 15 is 0 Å². The van der Waals surface area contributed by atoms with Gasteiger partial charge < -0.3 is 10.4 Å². The molecule has 12 heavy (non-hydrogen) atoms. The number of carbonyl (C=O) groups is 1. The van der Waals surface area contributed by atoms with E-state index in [0.717, 1.165) is 0 Å². The fraction of sp³-hybridized carbons (Fsp3) is 0.667. The minimum atomic E-state index is -0.883. The Balaban J connectivity index is 2.09. The number of carboxylic acid groups (broad SMARTS) is 1. The molecule has 1 aliphatic rings. The molecule has 0 aromatic carbocycles. The Morgan fingerprint density at radius 2 is 2.33 bits per heavy atom. The molecule has 0 saturated heterocycles. The lowest BCUT2D eigenvalue weighted by molar-refractivity contribution is -0.131. The average molecular weight is 169 g/mol. The van der Waals surface area contributed by atoms with Crippen molar-refractivity contribution in [3.05, 3.63) is 12.2 Å². The minimum Gasteiger partial charge on any atom is -0.478 e. The van der Waals surface area contributed by atoms with E-state index in [-0.39, 0.29) is 0 Å². The highest BCUT2D eigenvalue weighted by molar-refractivity contribution is 5.79. The van der Waals surface area contributed by atoms with Gasteiger partial charge in [-0.2, -0.15) is 0 Å². The second-order valence-electron chi connectivity index (χ2n) is 3.89. The van der Waals surface area contributed by atoms with Crippen LogP contribution in [-0.2, 0) is 4.79 Å². The van der Waals surface area contributed by atoms with Crippen molar-refractivity contribution in [1.82, 2.24) is 5.32 Å². The SMILES string of the molecule is CC1(C)CC1NC/C=C/C(=O)O. The van der Waals surface area contributed by atoms with Crippen LogP contribution in [0.5, 0.6) is 0 Å². The van der Waals surface area contributed by atoms with Crippen LogP contribution in [0.4, 0.5) is 0 Å². The van der Waals surface area contributed by atoms with Crippen LogP contribution in [-0.4, -0.2) is 23.7 Å². The maximum Gasteiger partial charge on any atom is 0.328 e. The Bertz CT molecular complexity index is 209. The van der Waals surface area contributed by atoms with Gasteiger partial charge in [-0.3, -0.25) is 0 Å². The van der Waals surface area contributed by atoms with E-state index in [4.69, 9.17) is 5.11 Å². The normalized spacial score (nSPS) is 26.0. The summed E-state index contributed by atoms with van der Waals surface area (Å²) in [5, 5.41) is 11.5. The smallest absolute Gasteiger partial charge is 0.328 e. The molecule has 1 atom stereocenters. The van der Waals surface area contributed by atoms with Crippen molar-refractivity contribution in [2.24, 2.45) is 5.41 Å². The second kappa shape index (κ2) is 3.27. The summed E-state index contributed by atoms with van der Waals surface area (Å²) >= 11 is 0. The van der Waals surface area contributed by atoms with Crippen LogP contribution < -0.4 is 5.32 Å². The zero-order valence-electron chi connectivity index (χ0n) is 7.50. The fourth-order valence-electron chi connectivity index (χ4n) is 1.19. The number of carboxylic acids is 1. The first-order valence-electron chi connectivity index (χ1n) is 4.15. The monoisotopic (exact) mass is 169 g/mol. The van der Waals surface area contributed by atoms with Gasteiger partial charge in [-0.15, -0.1) is 0 Å². The zero-order valence-corrected chi connectivity index (χ0v) is 7.50. The lowest BCUT2D eigenvalue weighted by Gasteiger charge is -2.02. The van der Waals surface area contributed by atoms with E-state index in [1.54, 1.807) is 6.08 Å². The Morgan fingerprint density at radius 3 is 2.75 bits per heavy atom. The summed E-state index contributed by atoms with van der Waals surface area (Å²) in [6.07, 6.45) is 3.99. The van der Waals surface area contributed by atoms with Crippen molar-refractivity contribution < 1.29 is 9.90 Å². The fourth-order valence-corrected chi connectivity index (χ4v) is 1.19. The number of hydrogen-bond acceptors (Lipinski definition) is 2. The summed E-state index contributed by atoms with van der Waals surface area (Å²) in [5.74, 6) is -0.883. The van der Waals surface area contributed by atoms with Crippen molar-refractivity contribution in [3.8, 4) is 0 Å².